The lowest BCUT2D eigenvalue weighted by atomic mass is 9.93. The van der Waals surface area contributed by atoms with Crippen molar-refractivity contribution in [2.45, 2.75) is 32.4 Å². The monoisotopic (exact) mass is 368 g/mol. The van der Waals surface area contributed by atoms with Crippen molar-refractivity contribution in [1.82, 2.24) is 4.90 Å². The number of carbonyl (C=O) groups is 1. The number of hydrogen-bond donors (Lipinski definition) is 1. The number of fused-ring (bicyclic) bond motifs is 1. The summed E-state index contributed by atoms with van der Waals surface area (Å²) >= 11 is 0. The highest BCUT2D eigenvalue weighted by Crippen LogP contribution is 2.38. The molecule has 1 atom stereocenters. The second kappa shape index (κ2) is 8.44. The number of nitrogens with zero attached hydrogens (tertiary/aromatic N) is 1. The molecule has 144 valence electrons. The van der Waals surface area contributed by atoms with Gasteiger partial charge in [-0.25, -0.2) is 0 Å². The highest BCUT2D eigenvalue weighted by Gasteiger charge is 2.42. The minimum atomic E-state index is -0.636. The third-order valence-electron chi connectivity index (χ3n) is 4.94. The Morgan fingerprint density at radius 2 is 1.81 bits per heavy atom. The minimum Gasteiger partial charge on any atom is -0.494 e. The summed E-state index contributed by atoms with van der Waals surface area (Å²) in [5, 5.41) is 3.58. The number of hydrogen-bond acceptors (Lipinski definition) is 4. The summed E-state index contributed by atoms with van der Waals surface area (Å²) < 4.78 is 10.9. The van der Waals surface area contributed by atoms with Crippen molar-refractivity contribution in [1.29, 1.82) is 0 Å². The molecule has 27 heavy (non-hydrogen) atoms. The Balaban J connectivity index is 1.94. The summed E-state index contributed by atoms with van der Waals surface area (Å²) in [5.74, 6) is 0.881. The first-order valence-electron chi connectivity index (χ1n) is 9.51. The molecule has 5 heteroatoms. The van der Waals surface area contributed by atoms with Crippen LogP contribution in [0.5, 0.6) is 5.75 Å². The molecule has 1 amide bonds. The van der Waals surface area contributed by atoms with E-state index in [1.165, 1.54) is 0 Å². The normalized spacial score (nSPS) is 18.8. The summed E-state index contributed by atoms with van der Waals surface area (Å²) in [4.78, 5) is 15.1. The van der Waals surface area contributed by atoms with Crippen LogP contribution in [0.25, 0.3) is 0 Å². The van der Waals surface area contributed by atoms with Crippen molar-refractivity contribution in [3.8, 4) is 5.75 Å². The van der Waals surface area contributed by atoms with E-state index in [4.69, 9.17) is 9.47 Å². The maximum atomic E-state index is 13.2. The van der Waals surface area contributed by atoms with E-state index in [-0.39, 0.29) is 5.91 Å². The van der Waals surface area contributed by atoms with Gasteiger partial charge in [0, 0.05) is 25.9 Å². The molecular weight excluding hydrogens is 340 g/mol. The van der Waals surface area contributed by atoms with E-state index in [1.54, 1.807) is 7.11 Å². The summed E-state index contributed by atoms with van der Waals surface area (Å²) in [6.07, 6.45) is 1.75. The fraction of sp³-hybridized carbons (Fsp3) is 0.409. The van der Waals surface area contributed by atoms with Crippen LogP contribution in [0, 0.1) is 0 Å². The fourth-order valence-electron chi connectivity index (χ4n) is 3.47. The molecule has 0 fully saturated rings. The van der Waals surface area contributed by atoms with E-state index in [0.717, 1.165) is 29.8 Å². The van der Waals surface area contributed by atoms with E-state index in [2.05, 4.69) is 19.2 Å². The van der Waals surface area contributed by atoms with Gasteiger partial charge in [0.25, 0.3) is 5.91 Å². The van der Waals surface area contributed by atoms with Gasteiger partial charge in [-0.15, -0.1) is 0 Å². The van der Waals surface area contributed by atoms with E-state index in [1.807, 2.05) is 53.4 Å². The molecule has 2 aromatic rings. The highest BCUT2D eigenvalue weighted by atomic mass is 16.5. The molecule has 1 heterocycles. The van der Waals surface area contributed by atoms with Gasteiger partial charge in [-0.2, -0.15) is 0 Å². The summed E-state index contributed by atoms with van der Waals surface area (Å²) in [5.41, 5.74) is 1.95. The van der Waals surface area contributed by atoms with Crippen molar-refractivity contribution < 1.29 is 14.3 Å². The number of amides is 1. The Hall–Kier alpha value is -2.53. The van der Waals surface area contributed by atoms with Crippen molar-refractivity contribution in [2.24, 2.45) is 0 Å². The van der Waals surface area contributed by atoms with Crippen LogP contribution >= 0.6 is 0 Å². The highest BCUT2D eigenvalue weighted by molar-refractivity contribution is 6.02. The molecule has 5 nitrogen and oxygen atoms in total. The van der Waals surface area contributed by atoms with Crippen LogP contribution in [-0.2, 0) is 10.4 Å². The van der Waals surface area contributed by atoms with Crippen LogP contribution in [0.1, 0.15) is 42.6 Å². The van der Waals surface area contributed by atoms with Gasteiger partial charge in [-0.3, -0.25) is 4.79 Å². The number of nitrogens with one attached hydrogen (secondary N) is 1. The molecule has 1 N–H and O–H groups in total. The number of benzene rings is 2. The Kier molecular flexibility index (Phi) is 6.01. The van der Waals surface area contributed by atoms with Crippen molar-refractivity contribution >= 4 is 11.6 Å². The second-order valence-electron chi connectivity index (χ2n) is 6.92. The van der Waals surface area contributed by atoms with E-state index in [9.17, 15) is 4.79 Å². The lowest BCUT2D eigenvalue weighted by molar-refractivity contribution is 0.0504. The van der Waals surface area contributed by atoms with Gasteiger partial charge in [0.05, 0.1) is 12.2 Å². The Bertz CT molecular complexity index is 775. The molecular formula is C22H28N2O3. The van der Waals surface area contributed by atoms with Crippen LogP contribution < -0.4 is 10.1 Å². The number of carbonyl (C=O) groups excluding carboxylic acids is 1. The lowest BCUT2D eigenvalue weighted by Crippen LogP contribution is -2.56. The average molecular weight is 368 g/mol. The van der Waals surface area contributed by atoms with Gasteiger partial charge < -0.3 is 19.7 Å². The third-order valence-corrected chi connectivity index (χ3v) is 4.94. The number of ether oxygens (including phenoxy) is 2. The molecule has 2 aromatic carbocycles. The van der Waals surface area contributed by atoms with E-state index >= 15 is 0 Å². The number of anilines is 1. The first kappa shape index (κ1) is 19.2. The van der Waals surface area contributed by atoms with Crippen LogP contribution in [-0.4, -0.2) is 37.7 Å². The smallest absolute Gasteiger partial charge is 0.258 e. The number of methoxy groups -OCH3 is 1. The maximum Gasteiger partial charge on any atom is 0.258 e. The summed E-state index contributed by atoms with van der Waals surface area (Å²) in [7, 11) is 1.68. The Labute approximate surface area is 161 Å². The topological polar surface area (TPSA) is 50.8 Å². The van der Waals surface area contributed by atoms with Gasteiger partial charge >= 0.3 is 0 Å². The quantitative estimate of drug-likeness (QED) is 0.708. The van der Waals surface area contributed by atoms with Gasteiger partial charge in [0.2, 0.25) is 0 Å². The first-order valence-corrected chi connectivity index (χ1v) is 9.51. The van der Waals surface area contributed by atoms with Crippen LogP contribution in [0.3, 0.4) is 0 Å². The molecule has 0 radical (unpaired) electrons. The molecule has 0 bridgehead atoms. The van der Waals surface area contributed by atoms with Crippen LogP contribution in [0.2, 0.25) is 0 Å². The molecule has 0 aliphatic carbocycles. The van der Waals surface area contributed by atoms with Gasteiger partial charge in [0.15, 0.2) is 0 Å². The molecule has 1 aliphatic rings. The summed E-state index contributed by atoms with van der Waals surface area (Å²) in [6, 6.07) is 15.7. The van der Waals surface area contributed by atoms with Crippen LogP contribution in [0.4, 0.5) is 5.69 Å². The second-order valence-corrected chi connectivity index (χ2v) is 6.92. The zero-order valence-electron chi connectivity index (χ0n) is 16.3. The van der Waals surface area contributed by atoms with Gasteiger partial charge in [0.1, 0.15) is 11.4 Å². The molecule has 0 aromatic heterocycles. The molecule has 0 spiro atoms. The maximum absolute atomic E-state index is 13.2. The summed E-state index contributed by atoms with van der Waals surface area (Å²) in [6.45, 7) is 6.06. The van der Waals surface area contributed by atoms with Gasteiger partial charge in [-0.1, -0.05) is 31.2 Å². The molecule has 1 unspecified atom stereocenters. The fourth-order valence-corrected chi connectivity index (χ4v) is 3.47. The SMILES string of the molecule is CCCOc1ccc(C2(C)Nc3ccccc3C(=O)N2CCCOC)cc1. The standard InChI is InChI=1S/C22H28N2O3/c1-4-15-27-18-12-10-17(11-13-18)22(2)23-20-9-6-5-8-19(20)21(25)24(22)14-7-16-26-3/h5-6,8-13,23H,4,7,14-16H2,1-3H3. The zero-order chi connectivity index (χ0) is 19.3. The molecule has 3 rings (SSSR count). The molecule has 1 aliphatic heterocycles. The number of rotatable bonds is 8. The molecule has 0 saturated carbocycles. The third kappa shape index (κ3) is 3.93. The molecule has 0 saturated heterocycles. The van der Waals surface area contributed by atoms with Crippen molar-refractivity contribution in [2.75, 3.05) is 32.2 Å². The lowest BCUT2D eigenvalue weighted by Gasteiger charge is -2.47. The largest absolute Gasteiger partial charge is 0.494 e. The minimum absolute atomic E-state index is 0.0364. The Morgan fingerprint density at radius 3 is 2.52 bits per heavy atom. The zero-order valence-corrected chi connectivity index (χ0v) is 16.3. The van der Waals surface area contributed by atoms with E-state index in [0.29, 0.717) is 25.3 Å². The first-order chi connectivity index (χ1) is 13.1. The predicted octanol–water partition coefficient (Wildman–Crippen LogP) is 4.25. The average Bonchev–Trinajstić information content (AvgIpc) is 2.69. The van der Waals surface area contributed by atoms with E-state index < -0.39 is 5.66 Å². The van der Waals surface area contributed by atoms with Crippen LogP contribution in [0.15, 0.2) is 48.5 Å². The number of para-hydroxylation sites is 1. The van der Waals surface area contributed by atoms with Gasteiger partial charge in [-0.05, 0) is 49.6 Å². The van der Waals surface area contributed by atoms with Crippen molar-refractivity contribution in [3.63, 3.8) is 0 Å². The Morgan fingerprint density at radius 1 is 1.07 bits per heavy atom. The van der Waals surface area contributed by atoms with Crippen molar-refractivity contribution in [3.05, 3.63) is 59.7 Å². The predicted molar refractivity (Wildman–Crippen MR) is 107 cm³/mol.